The number of anilines is 3. The number of fused-ring (bicyclic) bond motifs is 9. The number of nitrogens with zero attached hydrogens (tertiary/aromatic N) is 1. The molecule has 2 aromatic heterocycles. The molecule has 0 atom stereocenters. The van der Waals surface area contributed by atoms with E-state index in [0.717, 1.165) is 60.9 Å². The van der Waals surface area contributed by atoms with Gasteiger partial charge < -0.3 is 13.7 Å². The van der Waals surface area contributed by atoms with Crippen molar-refractivity contribution in [2.45, 2.75) is 71.6 Å². The van der Waals surface area contributed by atoms with Crippen LogP contribution in [0.15, 0.2) is 148 Å². The average Bonchev–Trinajstić information content (AvgIpc) is 3.82. The molecule has 3 heteroatoms. The van der Waals surface area contributed by atoms with Gasteiger partial charge in [0.1, 0.15) is 16.7 Å². The van der Waals surface area contributed by atoms with E-state index in [1.165, 1.54) is 44.5 Å². The molecule has 0 spiro atoms. The molecule has 0 aliphatic heterocycles. The lowest BCUT2D eigenvalue weighted by Gasteiger charge is -2.28. The predicted molar refractivity (Wildman–Crippen MR) is 236 cm³/mol. The van der Waals surface area contributed by atoms with E-state index in [1.807, 2.05) is 0 Å². The highest BCUT2D eigenvalue weighted by atomic mass is 16.3. The van der Waals surface area contributed by atoms with Gasteiger partial charge in [-0.05, 0) is 92.2 Å². The minimum atomic E-state index is -0.152. The van der Waals surface area contributed by atoms with Gasteiger partial charge in [-0.3, -0.25) is 0 Å². The van der Waals surface area contributed by atoms with Gasteiger partial charge in [0, 0.05) is 44.3 Å². The second-order valence-corrected chi connectivity index (χ2v) is 18.2. The average molecular weight is 730 g/mol. The van der Waals surface area contributed by atoms with Crippen LogP contribution in [0.3, 0.4) is 0 Å². The number of rotatable bonds is 4. The van der Waals surface area contributed by atoms with Crippen molar-refractivity contribution in [3.8, 4) is 22.3 Å². The second-order valence-electron chi connectivity index (χ2n) is 18.2. The molecule has 56 heavy (non-hydrogen) atoms. The van der Waals surface area contributed by atoms with Crippen LogP contribution >= 0.6 is 0 Å². The third-order valence-electron chi connectivity index (χ3n) is 12.1. The van der Waals surface area contributed by atoms with Crippen molar-refractivity contribution in [1.29, 1.82) is 0 Å². The fraction of sp³-hybridized carbons (Fsp3) is 0.208. The van der Waals surface area contributed by atoms with Crippen LogP contribution in [0.1, 0.15) is 77.6 Å². The standard InChI is InChI=1S/C53H47NO2/c1-51(2,3)33-28-41-39-20-14-22-45(50(39)56-49(41)44(29-33)52(4,5)6)54(34-24-26-38-37-18-12-13-21-42(37)53(7,8)43(38)30-34)35-25-27-40-47(31-35)55-46-23-15-19-36(48(40)46)32-16-10-9-11-17-32/h9-31H,1-8H3. The molecule has 1 aliphatic rings. The molecule has 0 fully saturated rings. The Hall–Kier alpha value is -6.06. The maximum absolute atomic E-state index is 7.15. The van der Waals surface area contributed by atoms with Gasteiger partial charge >= 0.3 is 0 Å². The summed E-state index contributed by atoms with van der Waals surface area (Å²) in [5.41, 5.74) is 16.5. The first kappa shape index (κ1) is 34.4. The van der Waals surface area contributed by atoms with E-state index in [0.29, 0.717) is 0 Å². The van der Waals surface area contributed by atoms with Gasteiger partial charge in [-0.2, -0.15) is 0 Å². The van der Waals surface area contributed by atoms with E-state index < -0.39 is 0 Å². The fourth-order valence-electron chi connectivity index (χ4n) is 9.12. The third kappa shape index (κ3) is 5.17. The quantitative estimate of drug-likeness (QED) is 0.181. The molecule has 276 valence electrons. The molecule has 2 heterocycles. The van der Waals surface area contributed by atoms with Crippen LogP contribution < -0.4 is 4.90 Å². The molecule has 7 aromatic carbocycles. The zero-order chi connectivity index (χ0) is 38.7. The minimum absolute atomic E-state index is 0.0153. The van der Waals surface area contributed by atoms with E-state index >= 15 is 0 Å². The van der Waals surface area contributed by atoms with Gasteiger partial charge in [0.15, 0.2) is 5.58 Å². The van der Waals surface area contributed by atoms with Gasteiger partial charge in [0.05, 0.1) is 11.4 Å². The van der Waals surface area contributed by atoms with Crippen LogP contribution in [0.4, 0.5) is 17.1 Å². The normalized spacial score (nSPS) is 13.9. The third-order valence-corrected chi connectivity index (χ3v) is 12.1. The van der Waals surface area contributed by atoms with Gasteiger partial charge in [-0.1, -0.05) is 146 Å². The molecular weight excluding hydrogens is 683 g/mol. The Labute approximate surface area is 329 Å². The molecule has 3 nitrogen and oxygen atoms in total. The molecule has 0 saturated carbocycles. The van der Waals surface area contributed by atoms with Crippen molar-refractivity contribution in [1.82, 2.24) is 0 Å². The summed E-state index contributed by atoms with van der Waals surface area (Å²) in [5.74, 6) is 0. The van der Waals surface area contributed by atoms with Crippen LogP contribution in [-0.2, 0) is 16.2 Å². The molecule has 0 unspecified atom stereocenters. The van der Waals surface area contributed by atoms with Crippen LogP contribution in [0.2, 0.25) is 0 Å². The van der Waals surface area contributed by atoms with Gasteiger partial charge in [-0.15, -0.1) is 0 Å². The Morgan fingerprint density at radius 2 is 1.18 bits per heavy atom. The topological polar surface area (TPSA) is 29.5 Å². The van der Waals surface area contributed by atoms with Crippen molar-refractivity contribution in [2.24, 2.45) is 0 Å². The SMILES string of the molecule is CC(C)(C)c1cc(C(C)(C)C)c2oc3c(N(c4ccc5c(c4)C(C)(C)c4ccccc4-5)c4ccc5c(c4)oc4cccc(-c6ccccc6)c45)cccc3c2c1. The van der Waals surface area contributed by atoms with E-state index in [-0.39, 0.29) is 16.2 Å². The molecule has 0 radical (unpaired) electrons. The minimum Gasteiger partial charge on any atom is -0.456 e. The molecule has 9 aromatic rings. The van der Waals surface area contributed by atoms with Crippen molar-refractivity contribution in [3.05, 3.63) is 162 Å². The highest BCUT2D eigenvalue weighted by molar-refractivity contribution is 6.14. The smallest absolute Gasteiger partial charge is 0.159 e. The summed E-state index contributed by atoms with van der Waals surface area (Å²) in [6.45, 7) is 18.4. The summed E-state index contributed by atoms with van der Waals surface area (Å²) in [6, 6.07) is 50.7. The van der Waals surface area contributed by atoms with Crippen molar-refractivity contribution < 1.29 is 8.83 Å². The highest BCUT2D eigenvalue weighted by Crippen LogP contribution is 2.52. The zero-order valence-corrected chi connectivity index (χ0v) is 33.5. The largest absolute Gasteiger partial charge is 0.456 e. The van der Waals surface area contributed by atoms with Crippen molar-refractivity contribution >= 4 is 60.9 Å². The predicted octanol–water partition coefficient (Wildman–Crippen LogP) is 15.5. The molecule has 10 rings (SSSR count). The number of para-hydroxylation sites is 1. The Balaban J connectivity index is 1.24. The summed E-state index contributed by atoms with van der Waals surface area (Å²) < 4.78 is 13.9. The second kappa shape index (κ2) is 12.0. The van der Waals surface area contributed by atoms with E-state index in [4.69, 9.17) is 8.83 Å². The number of hydrogen-bond donors (Lipinski definition) is 0. The zero-order valence-electron chi connectivity index (χ0n) is 33.5. The lowest BCUT2D eigenvalue weighted by atomic mass is 9.79. The summed E-state index contributed by atoms with van der Waals surface area (Å²) >= 11 is 0. The molecular formula is C53H47NO2. The molecule has 0 bridgehead atoms. The first-order valence-corrected chi connectivity index (χ1v) is 19.8. The monoisotopic (exact) mass is 729 g/mol. The van der Waals surface area contributed by atoms with Gasteiger partial charge in [0.2, 0.25) is 0 Å². The summed E-state index contributed by atoms with van der Waals surface area (Å²) in [7, 11) is 0. The summed E-state index contributed by atoms with van der Waals surface area (Å²) in [4.78, 5) is 2.37. The first-order valence-electron chi connectivity index (χ1n) is 19.8. The first-order chi connectivity index (χ1) is 26.8. The van der Waals surface area contributed by atoms with Gasteiger partial charge in [0.25, 0.3) is 0 Å². The maximum atomic E-state index is 7.15. The highest BCUT2D eigenvalue weighted by Gasteiger charge is 2.36. The van der Waals surface area contributed by atoms with Crippen molar-refractivity contribution in [3.63, 3.8) is 0 Å². The number of furan rings is 2. The molecule has 0 saturated heterocycles. The van der Waals surface area contributed by atoms with Crippen LogP contribution in [-0.4, -0.2) is 0 Å². The molecule has 0 amide bonds. The molecule has 1 aliphatic carbocycles. The summed E-state index contributed by atoms with van der Waals surface area (Å²) in [5, 5.41) is 4.50. The van der Waals surface area contributed by atoms with Gasteiger partial charge in [-0.25, -0.2) is 0 Å². The Kier molecular flexibility index (Phi) is 7.36. The lowest BCUT2D eigenvalue weighted by molar-refractivity contribution is 0.559. The molecule has 0 N–H and O–H groups in total. The van der Waals surface area contributed by atoms with Crippen LogP contribution in [0.25, 0.3) is 66.1 Å². The maximum Gasteiger partial charge on any atom is 0.159 e. The fourth-order valence-corrected chi connectivity index (χ4v) is 9.12. The van der Waals surface area contributed by atoms with Crippen LogP contribution in [0, 0.1) is 0 Å². The Morgan fingerprint density at radius 1 is 0.482 bits per heavy atom. The lowest BCUT2D eigenvalue weighted by Crippen LogP contribution is -2.16. The van der Waals surface area contributed by atoms with E-state index in [2.05, 4.69) is 200 Å². The van der Waals surface area contributed by atoms with E-state index in [9.17, 15) is 0 Å². The Morgan fingerprint density at radius 3 is 1.96 bits per heavy atom. The van der Waals surface area contributed by atoms with Crippen molar-refractivity contribution in [2.75, 3.05) is 4.90 Å². The summed E-state index contributed by atoms with van der Waals surface area (Å²) in [6.07, 6.45) is 0. The number of hydrogen-bond acceptors (Lipinski definition) is 3. The Bertz CT molecular complexity index is 3020. The van der Waals surface area contributed by atoms with E-state index in [1.54, 1.807) is 0 Å². The van der Waals surface area contributed by atoms with Crippen LogP contribution in [0.5, 0.6) is 0 Å². The number of benzene rings is 7.